The van der Waals surface area contributed by atoms with E-state index in [1.807, 2.05) is 36.4 Å². The number of fused-ring (bicyclic) bond motifs is 3. The minimum atomic E-state index is -1.25. The van der Waals surface area contributed by atoms with E-state index in [1.165, 1.54) is 4.68 Å². The van der Waals surface area contributed by atoms with Crippen LogP contribution in [0, 0.1) is 0 Å². The molecule has 1 unspecified atom stereocenters. The molecule has 8 nitrogen and oxygen atoms in total. The summed E-state index contributed by atoms with van der Waals surface area (Å²) in [4.78, 5) is 24.0. The smallest absolute Gasteiger partial charge is 0.407 e. The van der Waals surface area contributed by atoms with Gasteiger partial charge in [0.2, 0.25) is 0 Å². The largest absolute Gasteiger partial charge is 0.481 e. The molecule has 1 aliphatic rings. The molecular formula is C22H22N4O4. The van der Waals surface area contributed by atoms with E-state index in [4.69, 9.17) is 4.74 Å². The predicted molar refractivity (Wildman–Crippen MR) is 109 cm³/mol. The van der Waals surface area contributed by atoms with Crippen LogP contribution in [0.3, 0.4) is 0 Å². The van der Waals surface area contributed by atoms with Crippen LogP contribution in [-0.2, 0) is 22.1 Å². The molecule has 2 aromatic carbocycles. The zero-order valence-corrected chi connectivity index (χ0v) is 16.7. The van der Waals surface area contributed by atoms with Crippen LogP contribution in [0.5, 0.6) is 0 Å². The van der Waals surface area contributed by atoms with Crippen molar-refractivity contribution < 1.29 is 19.4 Å². The van der Waals surface area contributed by atoms with Crippen LogP contribution in [0.1, 0.15) is 36.1 Å². The van der Waals surface area contributed by atoms with Gasteiger partial charge in [-0.1, -0.05) is 53.7 Å². The third-order valence-electron chi connectivity index (χ3n) is 5.39. The minimum Gasteiger partial charge on any atom is -0.481 e. The SMILES string of the molecule is Cn1cc(C(C)(CC(=O)O)NC(=O)OCC2c3ccccc3-c3ccccc32)nn1. The van der Waals surface area contributed by atoms with Gasteiger partial charge in [0.15, 0.2) is 0 Å². The maximum absolute atomic E-state index is 12.6. The van der Waals surface area contributed by atoms with E-state index in [0.29, 0.717) is 5.69 Å². The lowest BCUT2D eigenvalue weighted by atomic mass is 9.94. The van der Waals surface area contributed by atoms with Crippen LogP contribution in [0.2, 0.25) is 0 Å². The average Bonchev–Trinajstić information content (AvgIpc) is 3.28. The van der Waals surface area contributed by atoms with Gasteiger partial charge in [0.25, 0.3) is 0 Å². The van der Waals surface area contributed by atoms with Gasteiger partial charge in [-0.05, 0) is 29.2 Å². The van der Waals surface area contributed by atoms with Crippen molar-refractivity contribution in [2.45, 2.75) is 24.8 Å². The molecule has 4 rings (SSSR count). The van der Waals surface area contributed by atoms with E-state index in [-0.39, 0.29) is 18.9 Å². The molecule has 0 aliphatic heterocycles. The van der Waals surface area contributed by atoms with Crippen molar-refractivity contribution >= 4 is 12.1 Å². The van der Waals surface area contributed by atoms with Gasteiger partial charge in [-0.15, -0.1) is 5.10 Å². The highest BCUT2D eigenvalue weighted by Crippen LogP contribution is 2.44. The number of carboxylic acids is 1. The lowest BCUT2D eigenvalue weighted by molar-refractivity contribution is -0.138. The lowest BCUT2D eigenvalue weighted by Crippen LogP contribution is -2.46. The van der Waals surface area contributed by atoms with Crippen molar-refractivity contribution in [2.75, 3.05) is 6.61 Å². The van der Waals surface area contributed by atoms with Gasteiger partial charge in [-0.2, -0.15) is 0 Å². The number of nitrogens with one attached hydrogen (secondary N) is 1. The number of aryl methyl sites for hydroxylation is 1. The Balaban J connectivity index is 1.51. The topological polar surface area (TPSA) is 106 Å². The Kier molecular flexibility index (Phi) is 4.99. The van der Waals surface area contributed by atoms with Gasteiger partial charge in [-0.3, -0.25) is 9.48 Å². The van der Waals surface area contributed by atoms with E-state index in [9.17, 15) is 14.7 Å². The number of carbonyl (C=O) groups excluding carboxylic acids is 1. The molecule has 3 aromatic rings. The normalized spacial score (nSPS) is 14.5. The molecule has 0 spiro atoms. The second kappa shape index (κ2) is 7.62. The Morgan fingerprint density at radius 2 is 1.73 bits per heavy atom. The second-order valence-electron chi connectivity index (χ2n) is 7.63. The molecule has 1 aliphatic carbocycles. The summed E-state index contributed by atoms with van der Waals surface area (Å²) in [7, 11) is 1.67. The zero-order chi connectivity index (χ0) is 21.3. The van der Waals surface area contributed by atoms with Crippen molar-refractivity contribution in [1.29, 1.82) is 0 Å². The number of nitrogens with zero attached hydrogens (tertiary/aromatic N) is 3. The van der Waals surface area contributed by atoms with E-state index < -0.39 is 17.6 Å². The summed E-state index contributed by atoms with van der Waals surface area (Å²) in [5.41, 5.74) is 3.58. The van der Waals surface area contributed by atoms with Gasteiger partial charge < -0.3 is 15.2 Å². The standard InChI is InChI=1S/C22H22N4O4/c1-22(11-20(27)28,19-12-26(2)25-24-19)23-21(29)30-13-18-16-9-5-3-7-14(16)15-8-4-6-10-17(15)18/h3-10,12,18H,11,13H2,1-2H3,(H,23,29)(H,27,28). The van der Waals surface area contributed by atoms with Crippen LogP contribution < -0.4 is 5.32 Å². The molecule has 0 saturated heterocycles. The summed E-state index contributed by atoms with van der Waals surface area (Å²) < 4.78 is 7.00. The number of rotatable bonds is 6. The fourth-order valence-corrected chi connectivity index (χ4v) is 3.96. The van der Waals surface area contributed by atoms with Crippen LogP contribution in [0.25, 0.3) is 11.1 Å². The molecule has 0 radical (unpaired) electrons. The molecule has 0 bridgehead atoms. The average molecular weight is 406 g/mol. The van der Waals surface area contributed by atoms with Gasteiger partial charge in [-0.25, -0.2) is 4.79 Å². The predicted octanol–water partition coefficient (Wildman–Crippen LogP) is 3.04. The molecule has 0 saturated carbocycles. The maximum atomic E-state index is 12.6. The number of hydrogen-bond acceptors (Lipinski definition) is 5. The van der Waals surface area contributed by atoms with Crippen molar-refractivity contribution in [2.24, 2.45) is 7.05 Å². The molecule has 2 N–H and O–H groups in total. The summed E-state index contributed by atoms with van der Waals surface area (Å²) in [5, 5.41) is 19.8. The van der Waals surface area contributed by atoms with Gasteiger partial charge >= 0.3 is 12.1 Å². The Morgan fingerprint density at radius 3 is 2.27 bits per heavy atom. The van der Waals surface area contributed by atoms with Crippen molar-refractivity contribution in [1.82, 2.24) is 20.3 Å². The van der Waals surface area contributed by atoms with E-state index >= 15 is 0 Å². The van der Waals surface area contributed by atoms with Crippen LogP contribution in [0.4, 0.5) is 4.79 Å². The number of ether oxygens (including phenoxy) is 1. The molecule has 0 fully saturated rings. The van der Waals surface area contributed by atoms with Gasteiger partial charge in [0.05, 0.1) is 18.2 Å². The Labute approximate surface area is 173 Å². The minimum absolute atomic E-state index is 0.0783. The van der Waals surface area contributed by atoms with Crippen LogP contribution >= 0.6 is 0 Å². The van der Waals surface area contributed by atoms with E-state index in [0.717, 1.165) is 22.3 Å². The monoisotopic (exact) mass is 406 g/mol. The van der Waals surface area contributed by atoms with Crippen molar-refractivity contribution in [3.8, 4) is 11.1 Å². The number of amides is 1. The number of aliphatic carboxylic acids is 1. The molecule has 1 aromatic heterocycles. The number of benzene rings is 2. The Hall–Kier alpha value is -3.68. The van der Waals surface area contributed by atoms with E-state index in [2.05, 4.69) is 27.8 Å². The third-order valence-corrected chi connectivity index (χ3v) is 5.39. The highest BCUT2D eigenvalue weighted by Gasteiger charge is 2.36. The first-order valence-electron chi connectivity index (χ1n) is 9.59. The quantitative estimate of drug-likeness (QED) is 0.652. The molecule has 1 atom stereocenters. The number of carbonyl (C=O) groups is 2. The summed E-state index contributed by atoms with van der Waals surface area (Å²) in [5.74, 6) is -1.15. The number of alkyl carbamates (subject to hydrolysis) is 1. The Morgan fingerprint density at radius 1 is 1.13 bits per heavy atom. The van der Waals surface area contributed by atoms with Gasteiger partial charge in [0.1, 0.15) is 12.3 Å². The molecule has 154 valence electrons. The first kappa shape index (κ1) is 19.6. The first-order valence-corrected chi connectivity index (χ1v) is 9.59. The highest BCUT2D eigenvalue weighted by atomic mass is 16.5. The zero-order valence-electron chi connectivity index (χ0n) is 16.7. The lowest BCUT2D eigenvalue weighted by Gasteiger charge is -2.27. The maximum Gasteiger partial charge on any atom is 0.407 e. The Bertz CT molecular complexity index is 1060. The highest BCUT2D eigenvalue weighted by molar-refractivity contribution is 5.79. The summed E-state index contributed by atoms with van der Waals surface area (Å²) >= 11 is 0. The first-order chi connectivity index (χ1) is 14.4. The second-order valence-corrected chi connectivity index (χ2v) is 7.63. The fourth-order valence-electron chi connectivity index (χ4n) is 3.96. The summed E-state index contributed by atoms with van der Waals surface area (Å²) in [6, 6.07) is 16.1. The number of hydrogen-bond donors (Lipinski definition) is 2. The number of aromatic nitrogens is 3. The molecule has 8 heteroatoms. The van der Waals surface area contributed by atoms with Crippen LogP contribution in [-0.4, -0.2) is 38.8 Å². The van der Waals surface area contributed by atoms with E-state index in [1.54, 1.807) is 20.2 Å². The van der Waals surface area contributed by atoms with Crippen molar-refractivity contribution in [3.05, 3.63) is 71.5 Å². The molecule has 1 amide bonds. The van der Waals surface area contributed by atoms with Crippen molar-refractivity contribution in [3.63, 3.8) is 0 Å². The fraction of sp³-hybridized carbons (Fsp3) is 0.273. The van der Waals surface area contributed by atoms with Gasteiger partial charge in [0, 0.05) is 13.0 Å². The molecule has 30 heavy (non-hydrogen) atoms. The van der Waals surface area contributed by atoms with Crippen LogP contribution in [0.15, 0.2) is 54.7 Å². The number of carboxylic acid groups (broad SMARTS) is 1. The molecular weight excluding hydrogens is 384 g/mol. The third kappa shape index (κ3) is 3.63. The summed E-state index contributed by atoms with van der Waals surface area (Å²) in [6.07, 6.45) is 0.522. The molecule has 1 heterocycles. The summed E-state index contributed by atoms with van der Waals surface area (Å²) in [6.45, 7) is 1.73.